The number of hydrogen-bond donors (Lipinski definition) is 2. The van der Waals surface area contributed by atoms with Gasteiger partial charge in [-0.1, -0.05) is 46.2 Å². The van der Waals surface area contributed by atoms with Crippen molar-refractivity contribution < 1.29 is 23.1 Å². The minimum absolute atomic E-state index is 0.141. The van der Waals surface area contributed by atoms with Gasteiger partial charge in [0.15, 0.2) is 0 Å². The molecule has 1 aromatic carbocycles. The second-order valence-corrected chi connectivity index (χ2v) is 8.44. The van der Waals surface area contributed by atoms with E-state index in [1.165, 1.54) is 4.31 Å². The van der Waals surface area contributed by atoms with Crippen LogP contribution in [0, 0.1) is 5.92 Å². The van der Waals surface area contributed by atoms with E-state index >= 15 is 0 Å². The number of nitrogens with zero attached hydrogens (tertiary/aromatic N) is 1. The lowest BCUT2D eigenvalue weighted by Crippen LogP contribution is -2.45. The Morgan fingerprint density at radius 1 is 1.11 bits per heavy atom. The Morgan fingerprint density at radius 3 is 2.11 bits per heavy atom. The second kappa shape index (κ2) is 10.4. The van der Waals surface area contributed by atoms with Gasteiger partial charge < -0.3 is 10.4 Å². The van der Waals surface area contributed by atoms with E-state index in [9.17, 15) is 23.1 Å². The molecule has 0 heterocycles. The van der Waals surface area contributed by atoms with Gasteiger partial charge in [-0.3, -0.25) is 4.79 Å². The van der Waals surface area contributed by atoms with E-state index < -0.39 is 22.0 Å². The summed E-state index contributed by atoms with van der Waals surface area (Å²) in [5.41, 5.74) is 0.819. The molecule has 2 unspecified atom stereocenters. The number of benzene rings is 1. The van der Waals surface area contributed by atoms with Gasteiger partial charge in [0.2, 0.25) is 15.9 Å². The fraction of sp³-hybridized carbons (Fsp3) is 0.579. The van der Waals surface area contributed by atoms with Crippen molar-refractivity contribution >= 4 is 21.9 Å². The van der Waals surface area contributed by atoms with Crippen LogP contribution < -0.4 is 5.32 Å². The molecule has 0 radical (unpaired) electrons. The van der Waals surface area contributed by atoms with Crippen LogP contribution in [0.5, 0.6) is 0 Å². The van der Waals surface area contributed by atoms with Gasteiger partial charge in [-0.2, -0.15) is 4.31 Å². The number of rotatable bonds is 11. The number of carboxylic acids is 1. The molecule has 1 aromatic rings. The fourth-order valence-electron chi connectivity index (χ4n) is 2.73. The molecule has 0 aromatic heterocycles. The topological polar surface area (TPSA) is 104 Å². The van der Waals surface area contributed by atoms with E-state index in [1.54, 1.807) is 45.0 Å². The molecule has 0 aliphatic heterocycles. The first-order chi connectivity index (χ1) is 12.7. The number of hydrogen-bond acceptors (Lipinski definition) is 4. The molecule has 8 heteroatoms. The van der Waals surface area contributed by atoms with Crippen LogP contribution >= 0.6 is 0 Å². The van der Waals surface area contributed by atoms with Crippen LogP contribution in [0.3, 0.4) is 0 Å². The number of carbonyl (C=O) groups excluding carboxylic acids is 1. The molecule has 27 heavy (non-hydrogen) atoms. The number of aryl methyl sites for hydroxylation is 1. The third-order valence-electron chi connectivity index (χ3n) is 4.70. The Bertz CT molecular complexity index is 727. The first kappa shape index (κ1) is 23.1. The van der Waals surface area contributed by atoms with Crippen LogP contribution in [0.2, 0.25) is 0 Å². The molecule has 1 rings (SSSR count). The summed E-state index contributed by atoms with van der Waals surface area (Å²) in [6, 6.07) is 5.56. The van der Waals surface area contributed by atoms with Crippen LogP contribution in [0.25, 0.3) is 0 Å². The van der Waals surface area contributed by atoms with Crippen molar-refractivity contribution in [3.05, 3.63) is 29.8 Å². The highest BCUT2D eigenvalue weighted by molar-refractivity contribution is 7.89. The zero-order valence-corrected chi connectivity index (χ0v) is 17.3. The molecule has 0 aliphatic rings. The molecule has 0 aliphatic carbocycles. The third-order valence-corrected chi connectivity index (χ3v) is 6.77. The summed E-state index contributed by atoms with van der Waals surface area (Å²) >= 11 is 0. The van der Waals surface area contributed by atoms with Gasteiger partial charge in [0, 0.05) is 19.5 Å². The fourth-order valence-corrected chi connectivity index (χ4v) is 4.19. The minimum atomic E-state index is -3.50. The molecule has 7 nitrogen and oxygen atoms in total. The van der Waals surface area contributed by atoms with Gasteiger partial charge >= 0.3 is 5.97 Å². The smallest absolute Gasteiger partial charge is 0.326 e. The number of amides is 1. The Labute approximate surface area is 161 Å². The SMILES string of the molecule is CCC(C)C(NC(=O)CCc1ccc(S(=O)(=O)N(CC)CC)cc1)C(=O)O. The zero-order chi connectivity index (χ0) is 20.6. The van der Waals surface area contributed by atoms with Crippen molar-refractivity contribution in [3.8, 4) is 0 Å². The summed E-state index contributed by atoms with van der Waals surface area (Å²) < 4.78 is 26.3. The van der Waals surface area contributed by atoms with E-state index in [2.05, 4.69) is 5.32 Å². The number of nitrogens with one attached hydrogen (secondary N) is 1. The molecule has 0 fully saturated rings. The lowest BCUT2D eigenvalue weighted by Gasteiger charge is -2.20. The van der Waals surface area contributed by atoms with Gasteiger partial charge in [0.1, 0.15) is 6.04 Å². The Kier molecular flexibility index (Phi) is 8.92. The van der Waals surface area contributed by atoms with Crippen LogP contribution in [-0.2, 0) is 26.0 Å². The van der Waals surface area contributed by atoms with Crippen LogP contribution in [0.4, 0.5) is 0 Å². The summed E-state index contributed by atoms with van der Waals surface area (Å²) in [5, 5.41) is 11.8. The zero-order valence-electron chi connectivity index (χ0n) is 16.4. The number of sulfonamides is 1. The van der Waals surface area contributed by atoms with Crippen molar-refractivity contribution in [3.63, 3.8) is 0 Å². The van der Waals surface area contributed by atoms with Gasteiger partial charge in [0.25, 0.3) is 0 Å². The lowest BCUT2D eigenvalue weighted by atomic mass is 9.99. The third kappa shape index (κ3) is 6.32. The molecular formula is C19H30N2O5S. The Balaban J connectivity index is 2.71. The summed E-state index contributed by atoms with van der Waals surface area (Å²) in [4.78, 5) is 23.6. The molecule has 1 amide bonds. The molecule has 0 saturated carbocycles. The predicted molar refractivity (Wildman–Crippen MR) is 104 cm³/mol. The maximum absolute atomic E-state index is 12.5. The molecule has 0 spiro atoms. The van der Waals surface area contributed by atoms with Crippen molar-refractivity contribution in [2.45, 2.75) is 57.9 Å². The van der Waals surface area contributed by atoms with Crippen LogP contribution in [0.15, 0.2) is 29.2 Å². The lowest BCUT2D eigenvalue weighted by molar-refractivity contribution is -0.143. The monoisotopic (exact) mass is 398 g/mol. The second-order valence-electron chi connectivity index (χ2n) is 6.50. The highest BCUT2D eigenvalue weighted by Gasteiger charge is 2.25. The number of carbonyl (C=O) groups is 2. The molecule has 2 atom stereocenters. The van der Waals surface area contributed by atoms with Gasteiger partial charge in [0.05, 0.1) is 4.90 Å². The quantitative estimate of drug-likeness (QED) is 0.595. The summed E-state index contributed by atoms with van der Waals surface area (Å²) in [5.74, 6) is -1.53. The molecule has 0 saturated heterocycles. The van der Waals surface area contributed by atoms with Gasteiger partial charge in [-0.15, -0.1) is 0 Å². The highest BCUT2D eigenvalue weighted by Crippen LogP contribution is 2.17. The highest BCUT2D eigenvalue weighted by atomic mass is 32.2. The van der Waals surface area contributed by atoms with E-state index in [4.69, 9.17) is 0 Å². The average molecular weight is 399 g/mol. The number of carboxylic acid groups (broad SMARTS) is 1. The van der Waals surface area contributed by atoms with Crippen LogP contribution in [-0.4, -0.2) is 48.8 Å². The summed E-state index contributed by atoms with van der Waals surface area (Å²) in [7, 11) is -3.50. The van der Waals surface area contributed by atoms with Gasteiger partial charge in [-0.25, -0.2) is 13.2 Å². The maximum atomic E-state index is 12.5. The summed E-state index contributed by atoms with van der Waals surface area (Å²) in [6.45, 7) is 8.05. The average Bonchev–Trinajstić information content (AvgIpc) is 2.64. The van der Waals surface area contributed by atoms with Crippen molar-refractivity contribution in [2.24, 2.45) is 5.92 Å². The molecule has 152 valence electrons. The predicted octanol–water partition coefficient (Wildman–Crippen LogP) is 2.27. The van der Waals surface area contributed by atoms with E-state index in [1.807, 2.05) is 6.92 Å². The van der Waals surface area contributed by atoms with Crippen molar-refractivity contribution in [1.29, 1.82) is 0 Å². The molecule has 0 bridgehead atoms. The van der Waals surface area contributed by atoms with E-state index in [0.717, 1.165) is 5.56 Å². The first-order valence-electron chi connectivity index (χ1n) is 9.28. The molecular weight excluding hydrogens is 368 g/mol. The largest absolute Gasteiger partial charge is 0.480 e. The van der Waals surface area contributed by atoms with Crippen molar-refractivity contribution in [2.75, 3.05) is 13.1 Å². The Hall–Kier alpha value is -1.93. The first-order valence-corrected chi connectivity index (χ1v) is 10.7. The summed E-state index contributed by atoms with van der Waals surface area (Å²) in [6.07, 6.45) is 1.20. The Morgan fingerprint density at radius 2 is 1.67 bits per heavy atom. The standard InChI is InChI=1S/C19H30N2O5S/c1-5-14(4)18(19(23)24)20-17(22)13-10-15-8-11-16(12-9-15)27(25,26)21(6-2)7-3/h8-9,11-12,14,18H,5-7,10,13H2,1-4H3,(H,20,22)(H,23,24). The van der Waals surface area contributed by atoms with E-state index in [0.29, 0.717) is 25.9 Å². The minimum Gasteiger partial charge on any atom is -0.480 e. The maximum Gasteiger partial charge on any atom is 0.326 e. The van der Waals surface area contributed by atoms with Crippen LogP contribution in [0.1, 0.15) is 46.1 Å². The van der Waals surface area contributed by atoms with E-state index in [-0.39, 0.29) is 23.1 Å². The normalized spacial score (nSPS) is 14.0. The van der Waals surface area contributed by atoms with Crippen molar-refractivity contribution in [1.82, 2.24) is 9.62 Å². The number of aliphatic carboxylic acids is 1. The van der Waals surface area contributed by atoms with Gasteiger partial charge in [-0.05, 0) is 30.0 Å². The molecule has 2 N–H and O–H groups in total.